The number of carbonyl (C=O) groups excluding carboxylic acids is 2. The van der Waals surface area contributed by atoms with Crippen molar-refractivity contribution in [3.63, 3.8) is 0 Å². The van der Waals surface area contributed by atoms with E-state index in [9.17, 15) is 9.59 Å². The molecule has 0 aromatic carbocycles. The molecule has 4 heteroatoms. The summed E-state index contributed by atoms with van der Waals surface area (Å²) >= 11 is 0. The summed E-state index contributed by atoms with van der Waals surface area (Å²) in [4.78, 5) is 24.5. The van der Waals surface area contributed by atoms with E-state index in [0.717, 1.165) is 19.5 Å². The van der Waals surface area contributed by atoms with Crippen LogP contribution >= 0.6 is 0 Å². The van der Waals surface area contributed by atoms with E-state index in [1.165, 1.54) is 4.90 Å². The Kier molecular flexibility index (Phi) is 4.75. The van der Waals surface area contributed by atoms with Crippen LogP contribution in [0.4, 0.5) is 0 Å². The van der Waals surface area contributed by atoms with Crippen molar-refractivity contribution in [1.29, 1.82) is 0 Å². The highest BCUT2D eigenvalue weighted by Crippen LogP contribution is 2.18. The zero-order valence-electron chi connectivity index (χ0n) is 9.58. The Morgan fingerprint density at radius 1 is 1.33 bits per heavy atom. The molecule has 86 valence electrons. The summed E-state index contributed by atoms with van der Waals surface area (Å²) < 4.78 is 0. The van der Waals surface area contributed by atoms with Gasteiger partial charge in [0.2, 0.25) is 11.8 Å². The molecule has 15 heavy (non-hydrogen) atoms. The molecule has 0 radical (unpaired) electrons. The minimum atomic E-state index is -0.00440. The third-order valence-corrected chi connectivity index (χ3v) is 2.63. The molecule has 1 saturated heterocycles. The fourth-order valence-electron chi connectivity index (χ4n) is 1.82. The lowest BCUT2D eigenvalue weighted by Gasteiger charge is -2.28. The van der Waals surface area contributed by atoms with Crippen molar-refractivity contribution in [2.24, 2.45) is 5.92 Å². The first-order valence-electron chi connectivity index (χ1n) is 5.69. The first-order valence-corrected chi connectivity index (χ1v) is 5.69. The highest BCUT2D eigenvalue weighted by molar-refractivity contribution is 5.97. The van der Waals surface area contributed by atoms with Gasteiger partial charge >= 0.3 is 0 Å². The average molecular weight is 212 g/mol. The van der Waals surface area contributed by atoms with Crippen molar-refractivity contribution in [2.45, 2.75) is 33.1 Å². The molecule has 0 saturated carbocycles. The molecule has 0 spiro atoms. The molecule has 0 unspecified atom stereocenters. The van der Waals surface area contributed by atoms with E-state index in [-0.39, 0.29) is 17.7 Å². The van der Waals surface area contributed by atoms with E-state index in [1.807, 2.05) is 13.8 Å². The fourth-order valence-corrected chi connectivity index (χ4v) is 1.82. The zero-order valence-corrected chi connectivity index (χ0v) is 9.58. The van der Waals surface area contributed by atoms with Crippen molar-refractivity contribution < 1.29 is 9.59 Å². The van der Waals surface area contributed by atoms with E-state index in [1.54, 1.807) is 0 Å². The maximum absolute atomic E-state index is 11.6. The van der Waals surface area contributed by atoms with Crippen molar-refractivity contribution in [1.82, 2.24) is 10.2 Å². The van der Waals surface area contributed by atoms with Gasteiger partial charge in [0, 0.05) is 19.4 Å². The van der Waals surface area contributed by atoms with Gasteiger partial charge in [-0.15, -0.1) is 0 Å². The molecular weight excluding hydrogens is 192 g/mol. The van der Waals surface area contributed by atoms with Crippen molar-refractivity contribution in [3.05, 3.63) is 0 Å². The summed E-state index contributed by atoms with van der Waals surface area (Å²) in [6.07, 6.45) is 1.89. The third kappa shape index (κ3) is 3.63. The van der Waals surface area contributed by atoms with Crippen LogP contribution in [0.25, 0.3) is 0 Å². The highest BCUT2D eigenvalue weighted by Gasteiger charge is 2.29. The molecule has 1 aliphatic heterocycles. The smallest absolute Gasteiger partial charge is 0.229 e. The summed E-state index contributed by atoms with van der Waals surface area (Å²) in [5, 5.41) is 3.18. The predicted octanol–water partition coefficient (Wildman–Crippen LogP) is 0.771. The van der Waals surface area contributed by atoms with Gasteiger partial charge in [0.15, 0.2) is 0 Å². The molecule has 0 aromatic rings. The van der Waals surface area contributed by atoms with Gasteiger partial charge in [-0.3, -0.25) is 14.5 Å². The number of rotatable bonds is 5. The Labute approximate surface area is 91.0 Å². The van der Waals surface area contributed by atoms with E-state index in [4.69, 9.17) is 0 Å². The molecule has 2 amide bonds. The second-order valence-corrected chi connectivity index (χ2v) is 4.16. The van der Waals surface area contributed by atoms with E-state index in [0.29, 0.717) is 19.4 Å². The number of nitrogens with one attached hydrogen (secondary N) is 1. The van der Waals surface area contributed by atoms with E-state index < -0.39 is 0 Å². The number of likely N-dealkylation sites (tertiary alicyclic amines) is 1. The molecule has 0 aliphatic carbocycles. The number of piperidine rings is 1. The molecule has 1 fully saturated rings. The number of hydrogen-bond donors (Lipinski definition) is 1. The molecule has 1 aliphatic rings. The van der Waals surface area contributed by atoms with Crippen LogP contribution in [0.2, 0.25) is 0 Å². The van der Waals surface area contributed by atoms with Crippen LogP contribution in [0.5, 0.6) is 0 Å². The van der Waals surface area contributed by atoms with Gasteiger partial charge in [-0.1, -0.05) is 13.8 Å². The molecule has 4 nitrogen and oxygen atoms in total. The quantitative estimate of drug-likeness (QED) is 0.541. The fraction of sp³-hybridized carbons (Fsp3) is 0.818. The Morgan fingerprint density at radius 2 is 1.93 bits per heavy atom. The Hall–Kier alpha value is -0.900. The second kappa shape index (κ2) is 5.85. The maximum Gasteiger partial charge on any atom is 0.229 e. The molecule has 0 bridgehead atoms. The first-order chi connectivity index (χ1) is 7.15. The third-order valence-electron chi connectivity index (χ3n) is 2.63. The van der Waals surface area contributed by atoms with Crippen LogP contribution in [0.15, 0.2) is 0 Å². The monoisotopic (exact) mass is 212 g/mol. The minimum absolute atomic E-state index is 0.00440. The number of hydrogen-bond acceptors (Lipinski definition) is 3. The van der Waals surface area contributed by atoms with Crippen LogP contribution in [-0.2, 0) is 9.59 Å². The molecule has 1 heterocycles. The zero-order chi connectivity index (χ0) is 11.3. The lowest BCUT2D eigenvalue weighted by Crippen LogP contribution is -2.43. The molecule has 1 rings (SSSR count). The van der Waals surface area contributed by atoms with Gasteiger partial charge in [-0.05, 0) is 25.4 Å². The molecule has 1 N–H and O–H groups in total. The number of amides is 2. The largest absolute Gasteiger partial charge is 0.317 e. The van der Waals surface area contributed by atoms with Crippen LogP contribution in [0.3, 0.4) is 0 Å². The minimum Gasteiger partial charge on any atom is -0.317 e. The van der Waals surface area contributed by atoms with Crippen LogP contribution in [0.1, 0.15) is 33.1 Å². The summed E-state index contributed by atoms with van der Waals surface area (Å²) in [7, 11) is 0. The van der Waals surface area contributed by atoms with Crippen molar-refractivity contribution in [2.75, 3.05) is 19.6 Å². The van der Waals surface area contributed by atoms with Crippen LogP contribution in [-0.4, -0.2) is 36.3 Å². The number of imide groups is 1. The van der Waals surface area contributed by atoms with Crippen molar-refractivity contribution >= 4 is 11.8 Å². The lowest BCUT2D eigenvalue weighted by atomic mass is 9.98. The topological polar surface area (TPSA) is 49.4 Å². The number of nitrogens with zero attached hydrogens (tertiary/aromatic N) is 1. The molecular formula is C11H20N2O2. The van der Waals surface area contributed by atoms with Gasteiger partial charge in [0.05, 0.1) is 0 Å². The Bertz CT molecular complexity index is 223. The van der Waals surface area contributed by atoms with Gasteiger partial charge in [0.25, 0.3) is 0 Å². The average Bonchev–Trinajstić information content (AvgIpc) is 2.15. The predicted molar refractivity (Wildman–Crippen MR) is 58.3 cm³/mol. The lowest BCUT2D eigenvalue weighted by molar-refractivity contribution is -0.149. The van der Waals surface area contributed by atoms with E-state index >= 15 is 0 Å². The van der Waals surface area contributed by atoms with Gasteiger partial charge in [-0.25, -0.2) is 0 Å². The normalized spacial score (nSPS) is 18.7. The summed E-state index contributed by atoms with van der Waals surface area (Å²) in [5.74, 6) is 0.209. The van der Waals surface area contributed by atoms with Crippen LogP contribution < -0.4 is 5.32 Å². The van der Waals surface area contributed by atoms with E-state index in [2.05, 4.69) is 5.32 Å². The summed E-state index contributed by atoms with van der Waals surface area (Å²) in [6, 6.07) is 0. The second-order valence-electron chi connectivity index (χ2n) is 4.16. The first kappa shape index (κ1) is 12.2. The molecule has 0 aromatic heterocycles. The Morgan fingerprint density at radius 3 is 2.47 bits per heavy atom. The molecule has 0 atom stereocenters. The SMILES string of the molecule is CCNCCCN1C(=O)CC(C)CC1=O. The highest BCUT2D eigenvalue weighted by atomic mass is 16.2. The summed E-state index contributed by atoms with van der Waals surface area (Å²) in [6.45, 7) is 6.35. The standard InChI is InChI=1S/C11H20N2O2/c1-3-12-5-4-6-13-10(14)7-9(2)8-11(13)15/h9,12H,3-8H2,1-2H3. The van der Waals surface area contributed by atoms with Gasteiger partial charge in [-0.2, -0.15) is 0 Å². The van der Waals surface area contributed by atoms with Gasteiger partial charge < -0.3 is 5.32 Å². The van der Waals surface area contributed by atoms with Crippen LogP contribution in [0, 0.1) is 5.92 Å². The Balaban J connectivity index is 2.33. The van der Waals surface area contributed by atoms with Crippen molar-refractivity contribution in [3.8, 4) is 0 Å². The number of carbonyl (C=O) groups is 2. The van der Waals surface area contributed by atoms with Gasteiger partial charge in [0.1, 0.15) is 0 Å². The summed E-state index contributed by atoms with van der Waals surface area (Å²) in [5.41, 5.74) is 0. The maximum atomic E-state index is 11.6.